The Morgan fingerprint density at radius 3 is 2.66 bits per heavy atom. The van der Waals surface area contributed by atoms with E-state index in [4.69, 9.17) is 4.74 Å². The maximum atomic E-state index is 14.9. The lowest BCUT2D eigenvalue weighted by Crippen LogP contribution is -2.33. The third kappa shape index (κ3) is 6.36. The summed E-state index contributed by atoms with van der Waals surface area (Å²) in [5.74, 6) is -0.373. The minimum Gasteiger partial charge on any atom is -0.442 e. The zero-order valence-corrected chi connectivity index (χ0v) is 19.9. The number of nitrogens with zero attached hydrogens (tertiary/aromatic N) is 2. The average Bonchev–Trinajstić information content (AvgIpc) is 3.42. The number of nitrogens with one attached hydrogen (secondary N) is 2. The van der Waals surface area contributed by atoms with Gasteiger partial charge in [-0.05, 0) is 48.7 Å². The predicted molar refractivity (Wildman–Crippen MR) is 130 cm³/mol. The summed E-state index contributed by atoms with van der Waals surface area (Å²) in [5.41, 5.74) is 2.70. The molecule has 0 saturated carbocycles. The van der Waals surface area contributed by atoms with E-state index < -0.39 is 18.0 Å². The minimum atomic E-state index is -0.559. The molecule has 2 fully saturated rings. The van der Waals surface area contributed by atoms with Crippen LogP contribution in [0.1, 0.15) is 31.7 Å². The number of halogens is 1. The Morgan fingerprint density at radius 1 is 1.17 bits per heavy atom. The highest BCUT2D eigenvalue weighted by molar-refractivity contribution is 5.90. The highest BCUT2D eigenvalue weighted by Crippen LogP contribution is 2.29. The summed E-state index contributed by atoms with van der Waals surface area (Å²) in [6, 6.07) is 12.4. The molecule has 0 aromatic heterocycles. The van der Waals surface area contributed by atoms with Crippen LogP contribution in [0, 0.1) is 5.82 Å². The lowest BCUT2D eigenvalue weighted by atomic mass is 10.0. The van der Waals surface area contributed by atoms with Crippen molar-refractivity contribution in [2.24, 2.45) is 0 Å². The molecule has 0 bridgehead atoms. The van der Waals surface area contributed by atoms with Gasteiger partial charge in [0.1, 0.15) is 11.9 Å². The van der Waals surface area contributed by atoms with E-state index in [-0.39, 0.29) is 24.9 Å². The van der Waals surface area contributed by atoms with Crippen LogP contribution in [0.25, 0.3) is 11.1 Å². The number of amides is 3. The number of hydrogen-bond acceptors (Lipinski definition) is 5. The highest BCUT2D eigenvalue weighted by atomic mass is 19.1. The maximum absolute atomic E-state index is 14.9. The van der Waals surface area contributed by atoms with Gasteiger partial charge in [-0.3, -0.25) is 14.5 Å². The lowest BCUT2D eigenvalue weighted by Gasteiger charge is -2.15. The number of rotatable bonds is 10. The first-order chi connectivity index (χ1) is 16.9. The lowest BCUT2D eigenvalue weighted by molar-refractivity contribution is -0.127. The normalized spacial score (nSPS) is 17.7. The first-order valence-electron chi connectivity index (χ1n) is 12.0. The SMILES string of the molecule is CC(=O)NC[C@H]1CN(c2ccc(-c3ccc(CNCCCN4CCCC4=O)cc3)c(F)c2)C(=O)O1. The Hall–Kier alpha value is -3.46. The fourth-order valence-corrected chi connectivity index (χ4v) is 4.37. The summed E-state index contributed by atoms with van der Waals surface area (Å²) in [6.45, 7) is 5.06. The zero-order chi connectivity index (χ0) is 24.8. The van der Waals surface area contributed by atoms with Gasteiger partial charge in [0, 0.05) is 38.5 Å². The summed E-state index contributed by atoms with van der Waals surface area (Å²) in [5, 5.41) is 6.01. The Balaban J connectivity index is 1.28. The molecule has 186 valence electrons. The smallest absolute Gasteiger partial charge is 0.414 e. The maximum Gasteiger partial charge on any atom is 0.414 e. The number of benzene rings is 2. The van der Waals surface area contributed by atoms with Crippen molar-refractivity contribution in [2.45, 2.75) is 38.8 Å². The van der Waals surface area contributed by atoms with Gasteiger partial charge in [-0.1, -0.05) is 24.3 Å². The second kappa shape index (κ2) is 11.3. The molecule has 3 amide bonds. The molecule has 35 heavy (non-hydrogen) atoms. The second-order valence-electron chi connectivity index (χ2n) is 8.93. The summed E-state index contributed by atoms with van der Waals surface area (Å²) >= 11 is 0. The van der Waals surface area contributed by atoms with Gasteiger partial charge in [-0.15, -0.1) is 0 Å². The van der Waals surface area contributed by atoms with E-state index in [1.54, 1.807) is 12.1 Å². The van der Waals surface area contributed by atoms with E-state index in [1.165, 1.54) is 17.9 Å². The molecule has 8 nitrogen and oxygen atoms in total. The van der Waals surface area contributed by atoms with E-state index in [0.717, 1.165) is 43.6 Å². The molecular formula is C26H31FN4O4. The molecule has 0 radical (unpaired) electrons. The second-order valence-corrected chi connectivity index (χ2v) is 8.93. The third-order valence-corrected chi connectivity index (χ3v) is 6.26. The van der Waals surface area contributed by atoms with Gasteiger partial charge in [0.05, 0.1) is 18.8 Å². The van der Waals surface area contributed by atoms with Crippen molar-refractivity contribution in [3.63, 3.8) is 0 Å². The van der Waals surface area contributed by atoms with Crippen LogP contribution in [0.3, 0.4) is 0 Å². The van der Waals surface area contributed by atoms with Gasteiger partial charge < -0.3 is 20.3 Å². The number of carbonyl (C=O) groups is 3. The molecule has 0 spiro atoms. The summed E-state index contributed by atoms with van der Waals surface area (Å²) < 4.78 is 20.2. The van der Waals surface area contributed by atoms with Crippen LogP contribution in [0.2, 0.25) is 0 Å². The standard InChI is InChI=1S/C26H31FN4O4/c1-18(32)29-16-22-17-31(26(34)35-22)21-9-10-23(24(27)14-21)20-7-5-19(6-8-20)15-28-11-3-13-30-12-2-4-25(30)33/h5-10,14,22,28H,2-4,11-13,15-17H2,1H3,(H,29,32)/t22-/m0/s1. The molecule has 2 aromatic carbocycles. The Labute approximate surface area is 204 Å². The molecule has 2 N–H and O–H groups in total. The van der Waals surface area contributed by atoms with Crippen LogP contribution >= 0.6 is 0 Å². The number of ether oxygens (including phenoxy) is 1. The van der Waals surface area contributed by atoms with E-state index in [1.807, 2.05) is 29.2 Å². The number of anilines is 1. The largest absolute Gasteiger partial charge is 0.442 e. The quantitative estimate of drug-likeness (QED) is 0.508. The van der Waals surface area contributed by atoms with Crippen LogP contribution in [0.4, 0.5) is 14.9 Å². The van der Waals surface area contributed by atoms with Gasteiger partial charge in [-0.25, -0.2) is 9.18 Å². The van der Waals surface area contributed by atoms with Crippen LogP contribution < -0.4 is 15.5 Å². The topological polar surface area (TPSA) is 91.0 Å². The van der Waals surface area contributed by atoms with Crippen molar-refractivity contribution in [2.75, 3.05) is 37.6 Å². The first-order valence-corrected chi connectivity index (χ1v) is 12.0. The first kappa shape index (κ1) is 24.7. The Kier molecular flexibility index (Phi) is 7.97. The van der Waals surface area contributed by atoms with Gasteiger partial charge in [-0.2, -0.15) is 0 Å². The van der Waals surface area contributed by atoms with E-state index in [2.05, 4.69) is 10.6 Å². The van der Waals surface area contributed by atoms with Gasteiger partial charge in [0.25, 0.3) is 0 Å². The summed E-state index contributed by atoms with van der Waals surface area (Å²) in [7, 11) is 0. The molecule has 4 rings (SSSR count). The molecule has 0 aliphatic carbocycles. The van der Waals surface area contributed by atoms with Crippen molar-refractivity contribution in [1.29, 1.82) is 0 Å². The van der Waals surface area contributed by atoms with Crippen molar-refractivity contribution in [3.8, 4) is 11.1 Å². The van der Waals surface area contributed by atoms with Crippen LogP contribution in [0.5, 0.6) is 0 Å². The van der Waals surface area contributed by atoms with Crippen molar-refractivity contribution in [1.82, 2.24) is 15.5 Å². The third-order valence-electron chi connectivity index (χ3n) is 6.26. The number of likely N-dealkylation sites (tertiary alicyclic amines) is 1. The molecule has 2 aliphatic rings. The molecule has 0 unspecified atom stereocenters. The predicted octanol–water partition coefficient (Wildman–Crippen LogP) is 3.06. The van der Waals surface area contributed by atoms with Crippen molar-refractivity contribution >= 4 is 23.6 Å². The van der Waals surface area contributed by atoms with E-state index in [0.29, 0.717) is 24.2 Å². The van der Waals surface area contributed by atoms with Crippen LogP contribution in [0.15, 0.2) is 42.5 Å². The fourth-order valence-electron chi connectivity index (χ4n) is 4.37. The fraction of sp³-hybridized carbons (Fsp3) is 0.423. The average molecular weight is 483 g/mol. The van der Waals surface area contributed by atoms with E-state index in [9.17, 15) is 18.8 Å². The Morgan fingerprint density at radius 2 is 1.97 bits per heavy atom. The monoisotopic (exact) mass is 482 g/mol. The van der Waals surface area contributed by atoms with Crippen LogP contribution in [-0.4, -0.2) is 61.6 Å². The summed E-state index contributed by atoms with van der Waals surface area (Å²) in [6.07, 6.45) is 1.52. The van der Waals surface area contributed by atoms with Gasteiger partial charge in [0.2, 0.25) is 11.8 Å². The number of carbonyl (C=O) groups excluding carboxylic acids is 3. The van der Waals surface area contributed by atoms with Gasteiger partial charge in [0.15, 0.2) is 0 Å². The van der Waals surface area contributed by atoms with Crippen LogP contribution in [-0.2, 0) is 20.9 Å². The molecule has 2 heterocycles. The molecular weight excluding hydrogens is 451 g/mol. The van der Waals surface area contributed by atoms with Crippen molar-refractivity contribution < 1.29 is 23.5 Å². The molecule has 2 saturated heterocycles. The zero-order valence-electron chi connectivity index (χ0n) is 19.9. The number of cyclic esters (lactones) is 1. The molecule has 2 aromatic rings. The van der Waals surface area contributed by atoms with Gasteiger partial charge >= 0.3 is 6.09 Å². The van der Waals surface area contributed by atoms with Crippen molar-refractivity contribution in [3.05, 3.63) is 53.8 Å². The highest BCUT2D eigenvalue weighted by Gasteiger charge is 2.32. The van der Waals surface area contributed by atoms with E-state index >= 15 is 0 Å². The minimum absolute atomic E-state index is 0.202. The number of hydrogen-bond donors (Lipinski definition) is 2. The molecule has 9 heteroatoms. The Bertz CT molecular complexity index is 1080. The molecule has 1 atom stereocenters. The summed E-state index contributed by atoms with van der Waals surface area (Å²) in [4.78, 5) is 38.2. The molecule has 2 aliphatic heterocycles.